The summed E-state index contributed by atoms with van der Waals surface area (Å²) >= 11 is 0. The molecule has 0 aliphatic rings. The molecule has 7 nitrogen and oxygen atoms in total. The van der Waals surface area contributed by atoms with Crippen molar-refractivity contribution in [2.75, 3.05) is 25.1 Å². The number of methoxy groups -OCH3 is 2. The van der Waals surface area contributed by atoms with Crippen molar-refractivity contribution in [1.82, 2.24) is 5.32 Å². The summed E-state index contributed by atoms with van der Waals surface area (Å²) in [7, 11) is -0.887. The second-order valence-corrected chi connectivity index (χ2v) is 10.4. The zero-order chi connectivity index (χ0) is 25.8. The summed E-state index contributed by atoms with van der Waals surface area (Å²) in [5, 5.41) is 2.91. The number of benzene rings is 3. The number of ether oxygens (including phenoxy) is 2. The average Bonchev–Trinajstić information content (AvgIpc) is 2.82. The van der Waals surface area contributed by atoms with Gasteiger partial charge in [0.05, 0.1) is 30.8 Å². The topological polar surface area (TPSA) is 84.9 Å². The van der Waals surface area contributed by atoms with Crippen molar-refractivity contribution in [2.45, 2.75) is 38.6 Å². The number of aryl methyl sites for hydroxylation is 3. The first-order valence-corrected chi connectivity index (χ1v) is 12.7. The molecule has 1 N–H and O–H groups in total. The van der Waals surface area contributed by atoms with Crippen molar-refractivity contribution >= 4 is 21.6 Å². The molecular formula is C27H32N2O5S. The van der Waals surface area contributed by atoms with Crippen LogP contribution >= 0.6 is 0 Å². The molecule has 0 aromatic heterocycles. The van der Waals surface area contributed by atoms with E-state index in [1.807, 2.05) is 45.9 Å². The molecule has 0 saturated heterocycles. The van der Waals surface area contributed by atoms with E-state index >= 15 is 0 Å². The maximum Gasteiger partial charge on any atom is 0.264 e. The zero-order valence-corrected chi connectivity index (χ0v) is 21.8. The molecule has 3 aromatic rings. The van der Waals surface area contributed by atoms with E-state index in [4.69, 9.17) is 9.47 Å². The number of rotatable bonds is 9. The Labute approximate surface area is 207 Å². The monoisotopic (exact) mass is 496 g/mol. The Morgan fingerprint density at radius 3 is 2.11 bits per heavy atom. The Bertz CT molecular complexity index is 1300. The molecule has 0 fully saturated rings. The van der Waals surface area contributed by atoms with Crippen molar-refractivity contribution in [3.63, 3.8) is 0 Å². The third-order valence-corrected chi connectivity index (χ3v) is 7.58. The van der Waals surface area contributed by atoms with Gasteiger partial charge in [-0.1, -0.05) is 41.5 Å². The molecule has 0 aliphatic carbocycles. The molecule has 35 heavy (non-hydrogen) atoms. The van der Waals surface area contributed by atoms with Crippen LogP contribution in [0.3, 0.4) is 0 Å². The summed E-state index contributed by atoms with van der Waals surface area (Å²) < 4.78 is 39.1. The van der Waals surface area contributed by atoms with Crippen LogP contribution in [-0.2, 0) is 14.8 Å². The van der Waals surface area contributed by atoms with Gasteiger partial charge in [0.2, 0.25) is 5.91 Å². The van der Waals surface area contributed by atoms with E-state index in [-0.39, 0.29) is 17.5 Å². The first-order valence-electron chi connectivity index (χ1n) is 11.2. The molecule has 0 aliphatic heterocycles. The summed E-state index contributed by atoms with van der Waals surface area (Å²) in [6.07, 6.45) is 0. The van der Waals surface area contributed by atoms with E-state index in [0.717, 1.165) is 22.3 Å². The molecule has 3 rings (SSSR count). The Balaban J connectivity index is 1.91. The Morgan fingerprint density at radius 1 is 0.886 bits per heavy atom. The zero-order valence-electron chi connectivity index (χ0n) is 21.0. The van der Waals surface area contributed by atoms with E-state index in [1.54, 1.807) is 56.7 Å². The van der Waals surface area contributed by atoms with Gasteiger partial charge in [-0.25, -0.2) is 8.42 Å². The predicted molar refractivity (Wildman–Crippen MR) is 138 cm³/mol. The third kappa shape index (κ3) is 5.95. The number of carbonyl (C=O) groups excluding carboxylic acids is 1. The van der Waals surface area contributed by atoms with Gasteiger partial charge in [0, 0.05) is 0 Å². The summed E-state index contributed by atoms with van der Waals surface area (Å²) in [5.74, 6) is 0.702. The molecule has 3 aromatic carbocycles. The highest BCUT2D eigenvalue weighted by atomic mass is 32.2. The fourth-order valence-corrected chi connectivity index (χ4v) is 5.33. The molecule has 0 radical (unpaired) electrons. The van der Waals surface area contributed by atoms with Crippen LogP contribution in [0, 0.1) is 20.8 Å². The van der Waals surface area contributed by atoms with E-state index in [0.29, 0.717) is 17.2 Å². The number of anilines is 1. The number of hydrogen-bond acceptors (Lipinski definition) is 5. The van der Waals surface area contributed by atoms with Crippen LogP contribution in [0.4, 0.5) is 5.69 Å². The minimum atomic E-state index is -3.99. The van der Waals surface area contributed by atoms with Crippen molar-refractivity contribution in [1.29, 1.82) is 0 Å². The number of carbonyl (C=O) groups is 1. The van der Waals surface area contributed by atoms with E-state index in [2.05, 4.69) is 5.32 Å². The van der Waals surface area contributed by atoms with E-state index in [9.17, 15) is 13.2 Å². The lowest BCUT2D eigenvalue weighted by molar-refractivity contribution is -0.120. The SMILES string of the molecule is COc1ccc(C(C)NC(=O)CN(c2ccc(C)cc2C)S(=O)(=O)c2ccc(C)cc2)cc1OC. The highest BCUT2D eigenvalue weighted by molar-refractivity contribution is 7.92. The number of nitrogens with one attached hydrogen (secondary N) is 1. The van der Waals surface area contributed by atoms with Gasteiger partial charge >= 0.3 is 0 Å². The van der Waals surface area contributed by atoms with Gasteiger partial charge in [0.25, 0.3) is 10.0 Å². The molecule has 0 saturated carbocycles. The first-order chi connectivity index (χ1) is 16.6. The molecule has 8 heteroatoms. The highest BCUT2D eigenvalue weighted by Crippen LogP contribution is 2.30. The second-order valence-electron chi connectivity index (χ2n) is 8.52. The molecule has 0 heterocycles. The van der Waals surface area contributed by atoms with E-state index in [1.165, 1.54) is 4.31 Å². The Kier molecular flexibility index (Phi) is 8.07. The molecular weight excluding hydrogens is 464 g/mol. The maximum absolute atomic E-state index is 13.6. The number of nitrogens with zero attached hydrogens (tertiary/aromatic N) is 1. The maximum atomic E-state index is 13.6. The average molecular weight is 497 g/mol. The Morgan fingerprint density at radius 2 is 1.51 bits per heavy atom. The lowest BCUT2D eigenvalue weighted by Crippen LogP contribution is -2.42. The van der Waals surface area contributed by atoms with Crippen molar-refractivity contribution in [3.8, 4) is 11.5 Å². The van der Waals surface area contributed by atoms with Crippen molar-refractivity contribution < 1.29 is 22.7 Å². The largest absolute Gasteiger partial charge is 0.493 e. The van der Waals surface area contributed by atoms with Crippen LogP contribution in [0.15, 0.2) is 65.6 Å². The number of hydrogen-bond donors (Lipinski definition) is 1. The van der Waals surface area contributed by atoms with Crippen LogP contribution in [0.1, 0.15) is 35.2 Å². The van der Waals surface area contributed by atoms with Gasteiger partial charge in [-0.05, 0) is 69.2 Å². The van der Waals surface area contributed by atoms with Gasteiger partial charge in [-0.15, -0.1) is 0 Å². The first kappa shape index (κ1) is 26.1. The van der Waals surface area contributed by atoms with Crippen LogP contribution in [0.5, 0.6) is 11.5 Å². The fourth-order valence-electron chi connectivity index (χ4n) is 3.85. The Hall–Kier alpha value is -3.52. The van der Waals surface area contributed by atoms with Crippen LogP contribution in [0.25, 0.3) is 0 Å². The molecule has 1 amide bonds. The lowest BCUT2D eigenvalue weighted by Gasteiger charge is -2.27. The van der Waals surface area contributed by atoms with Crippen molar-refractivity contribution in [3.05, 3.63) is 82.9 Å². The fraction of sp³-hybridized carbons (Fsp3) is 0.296. The van der Waals surface area contributed by atoms with Gasteiger partial charge in [0.1, 0.15) is 6.54 Å². The molecule has 0 bridgehead atoms. The quantitative estimate of drug-likeness (QED) is 0.464. The highest BCUT2D eigenvalue weighted by Gasteiger charge is 2.29. The van der Waals surface area contributed by atoms with Crippen LogP contribution in [-0.4, -0.2) is 35.1 Å². The summed E-state index contributed by atoms with van der Waals surface area (Å²) in [6.45, 7) is 7.13. The third-order valence-electron chi connectivity index (χ3n) is 5.80. The van der Waals surface area contributed by atoms with Gasteiger partial charge in [0.15, 0.2) is 11.5 Å². The smallest absolute Gasteiger partial charge is 0.264 e. The van der Waals surface area contributed by atoms with E-state index < -0.39 is 15.9 Å². The van der Waals surface area contributed by atoms with Gasteiger partial charge in [-0.2, -0.15) is 0 Å². The minimum absolute atomic E-state index is 0.129. The van der Waals surface area contributed by atoms with Crippen LogP contribution < -0.4 is 19.1 Å². The molecule has 186 valence electrons. The van der Waals surface area contributed by atoms with Crippen LogP contribution in [0.2, 0.25) is 0 Å². The lowest BCUT2D eigenvalue weighted by atomic mass is 10.1. The van der Waals surface area contributed by atoms with Crippen molar-refractivity contribution in [2.24, 2.45) is 0 Å². The molecule has 1 atom stereocenters. The second kappa shape index (κ2) is 10.8. The van der Waals surface area contributed by atoms with Gasteiger partial charge < -0.3 is 14.8 Å². The summed E-state index contributed by atoms with van der Waals surface area (Å²) in [4.78, 5) is 13.3. The normalized spacial score (nSPS) is 12.1. The minimum Gasteiger partial charge on any atom is -0.493 e. The summed E-state index contributed by atoms with van der Waals surface area (Å²) in [5.41, 5.74) is 3.98. The number of amides is 1. The molecule has 0 spiro atoms. The standard InChI is InChI=1S/C27H32N2O5S/c1-18-7-11-23(12-8-18)35(31,32)29(24-13-9-19(2)15-20(24)3)17-27(30)28-21(4)22-10-14-25(33-5)26(16-22)34-6/h7-16,21H,17H2,1-6H3,(H,28,30). The molecule has 1 unspecified atom stereocenters. The van der Waals surface area contributed by atoms with Gasteiger partial charge in [-0.3, -0.25) is 9.10 Å². The predicted octanol–water partition coefficient (Wildman–Crippen LogP) is 4.70. The number of sulfonamides is 1. The summed E-state index contributed by atoms with van der Waals surface area (Å²) in [6, 6.07) is 17.1.